The quantitative estimate of drug-likeness (QED) is 0.695. The average Bonchev–Trinajstić information content (AvgIpc) is 1.63. The highest BCUT2D eigenvalue weighted by Gasteiger charge is 2.15. The molecule has 64 valence electrons. The standard InChI is InChI=1S/C6H13F2N.ClH/c1-4(2)3-5(9)6(7)8;/h4-6H,3,9H2,1-2H3;1H/t5-;/m0./s1. The van der Waals surface area contributed by atoms with Crippen LogP contribution < -0.4 is 5.73 Å². The van der Waals surface area contributed by atoms with Gasteiger partial charge in [-0.3, -0.25) is 0 Å². The van der Waals surface area contributed by atoms with E-state index in [2.05, 4.69) is 0 Å². The first-order chi connectivity index (χ1) is 4.04. The zero-order valence-corrected chi connectivity index (χ0v) is 7.00. The van der Waals surface area contributed by atoms with Crippen LogP contribution >= 0.6 is 12.4 Å². The molecule has 0 bridgehead atoms. The van der Waals surface area contributed by atoms with E-state index >= 15 is 0 Å². The molecule has 0 unspecified atom stereocenters. The lowest BCUT2D eigenvalue weighted by Crippen LogP contribution is -2.29. The molecule has 1 nitrogen and oxygen atoms in total. The smallest absolute Gasteiger partial charge is 0.253 e. The van der Waals surface area contributed by atoms with Crippen LogP contribution in [0.3, 0.4) is 0 Å². The predicted octanol–water partition coefficient (Wildman–Crippen LogP) is 2.05. The number of halogens is 3. The summed E-state index contributed by atoms with van der Waals surface area (Å²) in [5.74, 6) is 0.258. The van der Waals surface area contributed by atoms with Gasteiger partial charge in [0.25, 0.3) is 6.43 Å². The van der Waals surface area contributed by atoms with Crippen molar-refractivity contribution >= 4 is 12.4 Å². The monoisotopic (exact) mass is 173 g/mol. The van der Waals surface area contributed by atoms with Crippen LogP contribution in [-0.2, 0) is 0 Å². The van der Waals surface area contributed by atoms with Crippen LogP contribution in [0.1, 0.15) is 20.3 Å². The SMILES string of the molecule is CC(C)C[C@H](N)C(F)F.Cl. The predicted molar refractivity (Wildman–Crippen MR) is 40.7 cm³/mol. The number of hydrogen-bond donors (Lipinski definition) is 1. The molecular formula is C6H14ClF2N. The van der Waals surface area contributed by atoms with Crippen molar-refractivity contribution in [2.24, 2.45) is 11.7 Å². The van der Waals surface area contributed by atoms with Crippen molar-refractivity contribution in [2.75, 3.05) is 0 Å². The van der Waals surface area contributed by atoms with E-state index in [9.17, 15) is 8.78 Å². The molecule has 0 aromatic heterocycles. The van der Waals surface area contributed by atoms with Gasteiger partial charge in [0.05, 0.1) is 6.04 Å². The number of rotatable bonds is 3. The summed E-state index contributed by atoms with van der Waals surface area (Å²) in [6.45, 7) is 3.75. The van der Waals surface area contributed by atoms with Gasteiger partial charge in [0, 0.05) is 0 Å². The van der Waals surface area contributed by atoms with Gasteiger partial charge in [0.15, 0.2) is 0 Å². The Hall–Kier alpha value is 0.110. The first-order valence-corrected chi connectivity index (χ1v) is 3.07. The molecule has 0 saturated heterocycles. The molecule has 0 heterocycles. The Morgan fingerprint density at radius 2 is 1.70 bits per heavy atom. The van der Waals surface area contributed by atoms with Gasteiger partial charge in [0.1, 0.15) is 0 Å². The topological polar surface area (TPSA) is 26.0 Å². The Labute approximate surface area is 66.4 Å². The van der Waals surface area contributed by atoms with Crippen molar-refractivity contribution in [1.29, 1.82) is 0 Å². The highest BCUT2D eigenvalue weighted by Crippen LogP contribution is 2.08. The summed E-state index contributed by atoms with van der Waals surface area (Å²) in [5.41, 5.74) is 5.07. The van der Waals surface area contributed by atoms with E-state index in [1.54, 1.807) is 0 Å². The fraction of sp³-hybridized carbons (Fsp3) is 1.00. The minimum atomic E-state index is -2.37. The molecule has 0 rings (SSSR count). The summed E-state index contributed by atoms with van der Waals surface area (Å²) in [5, 5.41) is 0. The summed E-state index contributed by atoms with van der Waals surface area (Å²) >= 11 is 0. The average molecular weight is 174 g/mol. The van der Waals surface area contributed by atoms with Crippen molar-refractivity contribution < 1.29 is 8.78 Å². The van der Waals surface area contributed by atoms with Gasteiger partial charge in [0.2, 0.25) is 0 Å². The third-order valence-corrected chi connectivity index (χ3v) is 1.07. The lowest BCUT2D eigenvalue weighted by molar-refractivity contribution is 0.106. The van der Waals surface area contributed by atoms with Crippen LogP contribution in [0.4, 0.5) is 8.78 Å². The Balaban J connectivity index is 0. The van der Waals surface area contributed by atoms with E-state index in [0.717, 1.165) is 0 Å². The van der Waals surface area contributed by atoms with Gasteiger partial charge in [-0.15, -0.1) is 12.4 Å². The van der Waals surface area contributed by atoms with Crippen LogP contribution in [0.5, 0.6) is 0 Å². The molecule has 0 aliphatic rings. The first-order valence-electron chi connectivity index (χ1n) is 3.07. The van der Waals surface area contributed by atoms with Gasteiger partial charge in [-0.2, -0.15) is 0 Å². The van der Waals surface area contributed by atoms with Gasteiger partial charge >= 0.3 is 0 Å². The largest absolute Gasteiger partial charge is 0.323 e. The summed E-state index contributed by atoms with van der Waals surface area (Å²) < 4.78 is 23.3. The van der Waals surface area contributed by atoms with Crippen LogP contribution in [0.2, 0.25) is 0 Å². The van der Waals surface area contributed by atoms with Crippen LogP contribution in [-0.4, -0.2) is 12.5 Å². The molecule has 10 heavy (non-hydrogen) atoms. The number of hydrogen-bond acceptors (Lipinski definition) is 1. The van der Waals surface area contributed by atoms with Crippen LogP contribution in [0, 0.1) is 5.92 Å². The molecule has 0 radical (unpaired) electrons. The normalized spacial score (nSPS) is 13.5. The Bertz CT molecular complexity index is 78.1. The fourth-order valence-corrected chi connectivity index (χ4v) is 0.647. The Kier molecular flexibility index (Phi) is 7.48. The van der Waals surface area contributed by atoms with Crippen molar-refractivity contribution in [3.05, 3.63) is 0 Å². The Morgan fingerprint density at radius 3 is 1.80 bits per heavy atom. The highest BCUT2D eigenvalue weighted by molar-refractivity contribution is 5.85. The molecule has 0 aromatic carbocycles. The second-order valence-corrected chi connectivity index (χ2v) is 2.63. The molecule has 1 atom stereocenters. The van der Waals surface area contributed by atoms with E-state index in [1.807, 2.05) is 13.8 Å². The van der Waals surface area contributed by atoms with Crippen LogP contribution in [0.15, 0.2) is 0 Å². The maximum Gasteiger partial charge on any atom is 0.253 e. The summed E-state index contributed by atoms with van der Waals surface area (Å²) in [6.07, 6.45) is -1.97. The van der Waals surface area contributed by atoms with Crippen molar-refractivity contribution in [3.63, 3.8) is 0 Å². The van der Waals surface area contributed by atoms with Crippen molar-refractivity contribution in [1.82, 2.24) is 0 Å². The molecule has 2 N–H and O–H groups in total. The summed E-state index contributed by atoms with van der Waals surface area (Å²) in [6, 6.07) is -0.940. The van der Waals surface area contributed by atoms with Gasteiger partial charge < -0.3 is 5.73 Å². The van der Waals surface area contributed by atoms with Crippen LogP contribution in [0.25, 0.3) is 0 Å². The van der Waals surface area contributed by atoms with Gasteiger partial charge in [-0.05, 0) is 12.3 Å². The lowest BCUT2D eigenvalue weighted by Gasteiger charge is -2.11. The number of nitrogens with two attached hydrogens (primary N) is 1. The number of alkyl halides is 2. The molecule has 0 fully saturated rings. The zero-order chi connectivity index (χ0) is 7.44. The molecular weight excluding hydrogens is 160 g/mol. The summed E-state index contributed by atoms with van der Waals surface area (Å²) in [4.78, 5) is 0. The zero-order valence-electron chi connectivity index (χ0n) is 6.18. The first kappa shape index (κ1) is 12.8. The maximum atomic E-state index is 11.7. The van der Waals surface area contributed by atoms with E-state index in [4.69, 9.17) is 5.73 Å². The molecule has 0 spiro atoms. The minimum absolute atomic E-state index is 0. The minimum Gasteiger partial charge on any atom is -0.323 e. The molecule has 0 saturated carbocycles. The lowest BCUT2D eigenvalue weighted by atomic mass is 10.1. The second kappa shape index (κ2) is 5.86. The molecule has 4 heteroatoms. The molecule has 0 amide bonds. The molecule has 0 aliphatic heterocycles. The third kappa shape index (κ3) is 6.23. The maximum absolute atomic E-state index is 11.7. The van der Waals surface area contributed by atoms with E-state index < -0.39 is 12.5 Å². The summed E-state index contributed by atoms with van der Waals surface area (Å²) in [7, 11) is 0. The van der Waals surface area contributed by atoms with E-state index in [0.29, 0.717) is 6.42 Å². The van der Waals surface area contributed by atoms with Crippen molar-refractivity contribution in [3.8, 4) is 0 Å². The third-order valence-electron chi connectivity index (χ3n) is 1.07. The Morgan fingerprint density at radius 1 is 1.30 bits per heavy atom. The highest BCUT2D eigenvalue weighted by atomic mass is 35.5. The molecule has 0 aliphatic carbocycles. The molecule has 0 aromatic rings. The van der Waals surface area contributed by atoms with Gasteiger partial charge in [-0.1, -0.05) is 13.8 Å². The van der Waals surface area contributed by atoms with Gasteiger partial charge in [-0.25, -0.2) is 8.78 Å². The van der Waals surface area contributed by atoms with E-state index in [1.165, 1.54) is 0 Å². The second-order valence-electron chi connectivity index (χ2n) is 2.63. The van der Waals surface area contributed by atoms with E-state index in [-0.39, 0.29) is 18.3 Å². The fourth-order valence-electron chi connectivity index (χ4n) is 0.647. The van der Waals surface area contributed by atoms with Crippen molar-refractivity contribution in [2.45, 2.75) is 32.7 Å².